The Hall–Kier alpha value is -1.32. The number of alkyl carbamates (subject to hydrolysis) is 1. The first-order chi connectivity index (χ1) is 7.20. The summed E-state index contributed by atoms with van der Waals surface area (Å²) < 4.78 is 5.08. The first-order valence-corrected chi connectivity index (χ1v) is 5.38. The van der Waals surface area contributed by atoms with E-state index in [1.165, 1.54) is 0 Å². The highest BCUT2D eigenvalue weighted by atomic mass is 16.6. The number of carbonyl (C=O) groups excluding carboxylic acids is 1. The minimum absolute atomic E-state index is 0.235. The van der Waals surface area contributed by atoms with Crippen LogP contribution in [0.2, 0.25) is 0 Å². The standard InChI is InChI=1S/C12H22N2O2/c1-9(2)13-7-10(3)8-14-11(15)16-12(4,5)6/h7,9H,3,8H2,1-2,4-6H3,(H,14,15)/b13-7-. The molecule has 4 heteroatoms. The minimum Gasteiger partial charge on any atom is -0.444 e. The van der Waals surface area contributed by atoms with Gasteiger partial charge in [-0.05, 0) is 40.2 Å². The molecule has 0 aliphatic rings. The molecule has 0 aromatic carbocycles. The van der Waals surface area contributed by atoms with Crippen molar-refractivity contribution >= 4 is 12.3 Å². The first kappa shape index (κ1) is 14.7. The van der Waals surface area contributed by atoms with E-state index in [4.69, 9.17) is 4.74 Å². The second-order valence-corrected chi connectivity index (χ2v) is 4.89. The van der Waals surface area contributed by atoms with Gasteiger partial charge in [0.1, 0.15) is 5.60 Å². The fourth-order valence-electron chi connectivity index (χ4n) is 0.800. The second kappa shape index (κ2) is 6.30. The van der Waals surface area contributed by atoms with Gasteiger partial charge in [-0.2, -0.15) is 0 Å². The van der Waals surface area contributed by atoms with Crippen LogP contribution in [-0.4, -0.2) is 30.5 Å². The number of amides is 1. The fourth-order valence-corrected chi connectivity index (χ4v) is 0.800. The van der Waals surface area contributed by atoms with Crippen LogP contribution in [0.4, 0.5) is 4.79 Å². The molecule has 1 N–H and O–H groups in total. The molecule has 4 nitrogen and oxygen atoms in total. The molecule has 0 heterocycles. The normalized spacial score (nSPS) is 11.9. The number of aliphatic imine (C=N–C) groups is 1. The molecule has 0 aromatic rings. The summed E-state index contributed by atoms with van der Waals surface area (Å²) in [5, 5.41) is 2.61. The monoisotopic (exact) mass is 226 g/mol. The van der Waals surface area contributed by atoms with E-state index < -0.39 is 11.7 Å². The van der Waals surface area contributed by atoms with Crippen LogP contribution in [0.15, 0.2) is 17.1 Å². The lowest BCUT2D eigenvalue weighted by Gasteiger charge is -2.19. The maximum atomic E-state index is 11.3. The number of carbonyl (C=O) groups is 1. The third-order valence-corrected chi connectivity index (χ3v) is 1.41. The van der Waals surface area contributed by atoms with Crippen molar-refractivity contribution < 1.29 is 9.53 Å². The van der Waals surface area contributed by atoms with Gasteiger partial charge in [-0.1, -0.05) is 6.58 Å². The van der Waals surface area contributed by atoms with Crippen molar-refractivity contribution in [2.45, 2.75) is 46.3 Å². The van der Waals surface area contributed by atoms with Gasteiger partial charge in [0.15, 0.2) is 0 Å². The van der Waals surface area contributed by atoms with E-state index in [1.54, 1.807) is 6.21 Å². The van der Waals surface area contributed by atoms with Gasteiger partial charge < -0.3 is 10.1 Å². The van der Waals surface area contributed by atoms with Gasteiger partial charge in [0.25, 0.3) is 0 Å². The molecular formula is C12H22N2O2. The van der Waals surface area contributed by atoms with Gasteiger partial charge in [-0.25, -0.2) is 4.79 Å². The molecule has 0 saturated carbocycles. The topological polar surface area (TPSA) is 50.7 Å². The van der Waals surface area contributed by atoms with Crippen LogP contribution in [0.5, 0.6) is 0 Å². The van der Waals surface area contributed by atoms with Crippen molar-refractivity contribution in [1.29, 1.82) is 0 Å². The Morgan fingerprint density at radius 2 is 2.06 bits per heavy atom. The van der Waals surface area contributed by atoms with E-state index in [0.717, 1.165) is 5.57 Å². The van der Waals surface area contributed by atoms with Crippen molar-refractivity contribution in [1.82, 2.24) is 5.32 Å². The Bertz CT molecular complexity index is 275. The summed E-state index contributed by atoms with van der Waals surface area (Å²) in [6, 6.07) is 0.235. The molecule has 0 spiro atoms. The zero-order valence-corrected chi connectivity index (χ0v) is 10.8. The van der Waals surface area contributed by atoms with E-state index in [1.807, 2.05) is 34.6 Å². The van der Waals surface area contributed by atoms with E-state index in [-0.39, 0.29) is 6.04 Å². The SMILES string of the molecule is C=C(/C=N\C(C)C)CNC(=O)OC(C)(C)C. The van der Waals surface area contributed by atoms with Gasteiger partial charge in [-0.3, -0.25) is 4.99 Å². The summed E-state index contributed by atoms with van der Waals surface area (Å²) in [7, 11) is 0. The smallest absolute Gasteiger partial charge is 0.407 e. The molecular weight excluding hydrogens is 204 g/mol. The lowest BCUT2D eigenvalue weighted by atomic mass is 10.2. The number of nitrogens with one attached hydrogen (secondary N) is 1. The first-order valence-electron chi connectivity index (χ1n) is 5.38. The summed E-state index contributed by atoms with van der Waals surface area (Å²) in [6.07, 6.45) is 1.23. The highest BCUT2D eigenvalue weighted by molar-refractivity contribution is 5.79. The van der Waals surface area contributed by atoms with E-state index >= 15 is 0 Å². The number of hydrogen-bond acceptors (Lipinski definition) is 3. The highest BCUT2D eigenvalue weighted by Crippen LogP contribution is 2.06. The molecule has 1 amide bonds. The third kappa shape index (κ3) is 9.24. The average molecular weight is 226 g/mol. The third-order valence-electron chi connectivity index (χ3n) is 1.41. The van der Waals surface area contributed by atoms with Crippen LogP contribution in [0.1, 0.15) is 34.6 Å². The number of nitrogens with zero attached hydrogens (tertiary/aromatic N) is 1. The van der Waals surface area contributed by atoms with E-state index in [9.17, 15) is 4.79 Å². The largest absolute Gasteiger partial charge is 0.444 e. The van der Waals surface area contributed by atoms with Crippen molar-refractivity contribution in [3.8, 4) is 0 Å². The summed E-state index contributed by atoms with van der Waals surface area (Å²) in [4.78, 5) is 15.4. The maximum absolute atomic E-state index is 11.3. The number of hydrogen-bond donors (Lipinski definition) is 1. The highest BCUT2D eigenvalue weighted by Gasteiger charge is 2.15. The molecule has 92 valence electrons. The minimum atomic E-state index is -0.475. The molecule has 0 saturated heterocycles. The predicted octanol–water partition coefficient (Wildman–Crippen LogP) is 2.55. The summed E-state index contributed by atoms with van der Waals surface area (Å²) in [6.45, 7) is 13.5. The Kier molecular flexibility index (Phi) is 5.78. The molecule has 0 aliphatic heterocycles. The van der Waals surface area contributed by atoms with Gasteiger partial charge in [0.2, 0.25) is 0 Å². The molecule has 0 unspecified atom stereocenters. The second-order valence-electron chi connectivity index (χ2n) is 4.89. The van der Waals surface area contributed by atoms with Gasteiger partial charge in [0.05, 0.1) is 0 Å². The van der Waals surface area contributed by atoms with Crippen molar-refractivity contribution in [3.05, 3.63) is 12.2 Å². The van der Waals surface area contributed by atoms with E-state index in [0.29, 0.717) is 6.54 Å². The molecule has 0 aliphatic carbocycles. The van der Waals surface area contributed by atoms with Crippen LogP contribution in [-0.2, 0) is 4.74 Å². The average Bonchev–Trinajstić information content (AvgIpc) is 2.08. The summed E-state index contributed by atoms with van der Waals surface area (Å²) in [5.74, 6) is 0. The maximum Gasteiger partial charge on any atom is 0.407 e. The summed E-state index contributed by atoms with van der Waals surface area (Å²) >= 11 is 0. The zero-order chi connectivity index (χ0) is 12.8. The molecule has 16 heavy (non-hydrogen) atoms. The van der Waals surface area contributed by atoms with Crippen LogP contribution in [0.25, 0.3) is 0 Å². The lowest BCUT2D eigenvalue weighted by molar-refractivity contribution is 0.0533. The van der Waals surface area contributed by atoms with Crippen molar-refractivity contribution in [3.63, 3.8) is 0 Å². The van der Waals surface area contributed by atoms with Crippen LogP contribution < -0.4 is 5.32 Å². The van der Waals surface area contributed by atoms with Gasteiger partial charge in [-0.15, -0.1) is 0 Å². The Morgan fingerprint density at radius 3 is 2.50 bits per heavy atom. The van der Waals surface area contributed by atoms with E-state index in [2.05, 4.69) is 16.9 Å². The number of rotatable bonds is 4. The Morgan fingerprint density at radius 1 is 1.50 bits per heavy atom. The van der Waals surface area contributed by atoms with Crippen LogP contribution >= 0.6 is 0 Å². The molecule has 0 bridgehead atoms. The van der Waals surface area contributed by atoms with Crippen molar-refractivity contribution in [2.24, 2.45) is 4.99 Å². The Labute approximate surface area is 97.8 Å². The molecule has 0 aromatic heterocycles. The lowest BCUT2D eigenvalue weighted by Crippen LogP contribution is -2.33. The molecule has 0 atom stereocenters. The molecule has 0 rings (SSSR count). The summed E-state index contributed by atoms with van der Waals surface area (Å²) in [5.41, 5.74) is 0.275. The van der Waals surface area contributed by atoms with Crippen molar-refractivity contribution in [2.75, 3.05) is 6.54 Å². The molecule has 0 radical (unpaired) electrons. The van der Waals surface area contributed by atoms with Gasteiger partial charge in [0, 0.05) is 18.8 Å². The van der Waals surface area contributed by atoms with Crippen LogP contribution in [0, 0.1) is 0 Å². The van der Waals surface area contributed by atoms with Gasteiger partial charge >= 0.3 is 6.09 Å². The zero-order valence-electron chi connectivity index (χ0n) is 10.8. The quantitative estimate of drug-likeness (QED) is 0.749. The fraction of sp³-hybridized carbons (Fsp3) is 0.667. The Balaban J connectivity index is 3.89. The molecule has 0 fully saturated rings. The number of ether oxygens (including phenoxy) is 1. The predicted molar refractivity (Wildman–Crippen MR) is 67.0 cm³/mol. The van der Waals surface area contributed by atoms with Crippen LogP contribution in [0.3, 0.4) is 0 Å².